The van der Waals surface area contributed by atoms with Gasteiger partial charge in [-0.25, -0.2) is 19.9 Å². The highest BCUT2D eigenvalue weighted by Crippen LogP contribution is 2.21. The minimum atomic E-state index is 0.172. The Balaban J connectivity index is 1.10. The van der Waals surface area contributed by atoms with E-state index in [4.69, 9.17) is 4.74 Å². The largest absolute Gasteiger partial charge is 0.491 e. The van der Waals surface area contributed by atoms with Gasteiger partial charge < -0.3 is 24.8 Å². The van der Waals surface area contributed by atoms with Gasteiger partial charge in [-0.2, -0.15) is 4.98 Å². The minimum absolute atomic E-state index is 0.172. The van der Waals surface area contributed by atoms with E-state index in [1.807, 2.05) is 42.7 Å². The average Bonchev–Trinajstić information content (AvgIpc) is 2.99. The van der Waals surface area contributed by atoms with E-state index < -0.39 is 0 Å². The normalized spacial score (nSPS) is 14.2. The second-order valence-corrected chi connectivity index (χ2v) is 10.7. The molecule has 2 aromatic carbocycles. The highest BCUT2D eigenvalue weighted by molar-refractivity contribution is 5.55. The fraction of sp³-hybridized carbons (Fsp3) is 0.387. The van der Waals surface area contributed by atoms with Gasteiger partial charge in [-0.15, -0.1) is 0 Å². The molecule has 0 bridgehead atoms. The molecule has 0 radical (unpaired) electrons. The van der Waals surface area contributed by atoms with E-state index in [1.54, 1.807) is 6.33 Å². The first-order valence-electron chi connectivity index (χ1n) is 14.2. The third-order valence-electron chi connectivity index (χ3n) is 7.01. The van der Waals surface area contributed by atoms with Crippen LogP contribution in [-0.2, 0) is 6.42 Å². The number of piperazine rings is 1. The Morgan fingerprint density at radius 3 is 2.20 bits per heavy atom. The molecule has 10 nitrogen and oxygen atoms in total. The average molecular weight is 554 g/mol. The molecular weight excluding hydrogens is 514 g/mol. The first-order valence-corrected chi connectivity index (χ1v) is 14.2. The molecule has 0 unspecified atom stereocenters. The van der Waals surface area contributed by atoms with Crippen molar-refractivity contribution in [2.45, 2.75) is 32.3 Å². The Hall–Kier alpha value is -4.31. The molecule has 1 fully saturated rings. The first-order chi connectivity index (χ1) is 20.0. The third kappa shape index (κ3) is 8.34. The van der Waals surface area contributed by atoms with E-state index in [-0.39, 0.29) is 6.10 Å². The van der Waals surface area contributed by atoms with E-state index >= 15 is 0 Å². The molecular formula is C31H39N9O. The number of ether oxygens (including phenoxy) is 1. The number of nitrogens with zero attached hydrogens (tertiary/aromatic N) is 8. The quantitative estimate of drug-likeness (QED) is 0.271. The standard InChI is InChI=1S/C31H39N9O/c1-24(8-7-15-38(2)3)41-28-13-11-27(12-14-28)36-29-34-23-35-31(37-29)40-18-16-39(17-19-40)30-32-21-26(22-33-30)20-25-9-5-4-6-10-25/h4-6,9-14,21-24H,7-8,15-20H2,1-3H3,(H,34,35,36,37)/t24-/m0/s1. The smallest absolute Gasteiger partial charge is 0.231 e. The molecule has 214 valence electrons. The number of rotatable bonds is 12. The van der Waals surface area contributed by atoms with E-state index in [0.717, 1.165) is 74.9 Å². The van der Waals surface area contributed by atoms with E-state index in [0.29, 0.717) is 11.9 Å². The summed E-state index contributed by atoms with van der Waals surface area (Å²) in [6.07, 6.45) is 8.55. The molecule has 4 aromatic rings. The molecule has 0 saturated carbocycles. The molecule has 10 heteroatoms. The van der Waals surface area contributed by atoms with E-state index in [9.17, 15) is 0 Å². The molecule has 1 atom stereocenters. The summed E-state index contributed by atoms with van der Waals surface area (Å²) in [5, 5.41) is 3.29. The van der Waals surface area contributed by atoms with Gasteiger partial charge in [0, 0.05) is 50.7 Å². The molecule has 5 rings (SSSR count). The van der Waals surface area contributed by atoms with Crippen LogP contribution in [0.15, 0.2) is 73.3 Å². The Kier molecular flexibility index (Phi) is 9.53. The third-order valence-corrected chi connectivity index (χ3v) is 7.01. The Labute approximate surface area is 242 Å². The lowest BCUT2D eigenvalue weighted by molar-refractivity contribution is 0.202. The summed E-state index contributed by atoms with van der Waals surface area (Å²) in [6, 6.07) is 18.3. The van der Waals surface area contributed by atoms with E-state index in [1.165, 1.54) is 5.56 Å². The van der Waals surface area contributed by atoms with Gasteiger partial charge in [0.1, 0.15) is 12.1 Å². The summed E-state index contributed by atoms with van der Waals surface area (Å²) in [7, 11) is 4.19. The zero-order chi connectivity index (χ0) is 28.4. The summed E-state index contributed by atoms with van der Waals surface area (Å²) >= 11 is 0. The van der Waals surface area contributed by atoms with Crippen molar-refractivity contribution in [3.8, 4) is 5.75 Å². The van der Waals surface area contributed by atoms with Crippen molar-refractivity contribution in [3.05, 3.63) is 84.4 Å². The second-order valence-electron chi connectivity index (χ2n) is 10.7. The Morgan fingerprint density at radius 1 is 0.829 bits per heavy atom. The van der Waals surface area contributed by atoms with Gasteiger partial charge in [0.05, 0.1) is 6.10 Å². The van der Waals surface area contributed by atoms with Crippen molar-refractivity contribution in [2.75, 3.05) is 61.9 Å². The second kappa shape index (κ2) is 13.8. The van der Waals surface area contributed by atoms with Crippen LogP contribution < -0.4 is 19.9 Å². The van der Waals surface area contributed by atoms with Crippen molar-refractivity contribution >= 4 is 23.5 Å². The topological polar surface area (TPSA) is 95.4 Å². The number of benzene rings is 2. The van der Waals surface area contributed by atoms with Crippen LogP contribution in [0, 0.1) is 0 Å². The monoisotopic (exact) mass is 553 g/mol. The number of hydrogen-bond acceptors (Lipinski definition) is 10. The number of nitrogens with one attached hydrogen (secondary N) is 1. The number of aromatic nitrogens is 5. The van der Waals surface area contributed by atoms with Crippen LogP contribution in [0.1, 0.15) is 30.9 Å². The van der Waals surface area contributed by atoms with Gasteiger partial charge in [-0.05, 0) is 75.8 Å². The van der Waals surface area contributed by atoms with Crippen molar-refractivity contribution in [2.24, 2.45) is 0 Å². The van der Waals surface area contributed by atoms with Crippen molar-refractivity contribution < 1.29 is 4.74 Å². The van der Waals surface area contributed by atoms with Crippen molar-refractivity contribution in [1.29, 1.82) is 0 Å². The van der Waals surface area contributed by atoms with Crippen LogP contribution in [0.3, 0.4) is 0 Å². The highest BCUT2D eigenvalue weighted by atomic mass is 16.5. The highest BCUT2D eigenvalue weighted by Gasteiger charge is 2.21. The number of anilines is 4. The molecule has 1 aliphatic heterocycles. The fourth-order valence-electron chi connectivity index (χ4n) is 4.77. The van der Waals surface area contributed by atoms with Crippen LogP contribution >= 0.6 is 0 Å². The van der Waals surface area contributed by atoms with Crippen molar-refractivity contribution in [1.82, 2.24) is 29.8 Å². The van der Waals surface area contributed by atoms with Gasteiger partial charge in [0.2, 0.25) is 17.8 Å². The lowest BCUT2D eigenvalue weighted by atomic mass is 10.1. The fourth-order valence-corrected chi connectivity index (χ4v) is 4.77. The lowest BCUT2D eigenvalue weighted by Crippen LogP contribution is -2.47. The van der Waals surface area contributed by atoms with Gasteiger partial charge in [-0.1, -0.05) is 30.3 Å². The molecule has 0 aliphatic carbocycles. The van der Waals surface area contributed by atoms with Gasteiger partial charge in [0.15, 0.2) is 0 Å². The maximum Gasteiger partial charge on any atom is 0.231 e. The molecule has 2 aromatic heterocycles. The molecule has 41 heavy (non-hydrogen) atoms. The van der Waals surface area contributed by atoms with Crippen LogP contribution in [0.25, 0.3) is 0 Å². The molecule has 1 aliphatic rings. The Bertz CT molecular complexity index is 1340. The van der Waals surface area contributed by atoms with Crippen LogP contribution in [0.4, 0.5) is 23.5 Å². The zero-order valence-corrected chi connectivity index (χ0v) is 24.1. The molecule has 1 saturated heterocycles. The first kappa shape index (κ1) is 28.2. The van der Waals surface area contributed by atoms with Crippen LogP contribution in [-0.4, -0.2) is 82.7 Å². The SMILES string of the molecule is C[C@@H](CCCN(C)C)Oc1ccc(Nc2ncnc(N3CCN(c4ncc(Cc5ccccc5)cn4)CC3)n2)cc1. The maximum absolute atomic E-state index is 6.06. The lowest BCUT2D eigenvalue weighted by Gasteiger charge is -2.34. The predicted octanol–water partition coefficient (Wildman–Crippen LogP) is 4.43. The summed E-state index contributed by atoms with van der Waals surface area (Å²) in [4.78, 5) is 29.3. The molecule has 0 spiro atoms. The van der Waals surface area contributed by atoms with Crippen LogP contribution in [0.2, 0.25) is 0 Å². The molecule has 1 N–H and O–H groups in total. The summed E-state index contributed by atoms with van der Waals surface area (Å²) in [5.41, 5.74) is 3.26. The summed E-state index contributed by atoms with van der Waals surface area (Å²) < 4.78 is 6.06. The van der Waals surface area contributed by atoms with Gasteiger partial charge >= 0.3 is 0 Å². The van der Waals surface area contributed by atoms with Crippen LogP contribution in [0.5, 0.6) is 5.75 Å². The number of hydrogen-bond donors (Lipinski definition) is 1. The summed E-state index contributed by atoms with van der Waals surface area (Å²) in [6.45, 7) is 6.32. The maximum atomic E-state index is 6.06. The zero-order valence-electron chi connectivity index (χ0n) is 24.1. The Morgan fingerprint density at radius 2 is 1.51 bits per heavy atom. The van der Waals surface area contributed by atoms with Crippen molar-refractivity contribution in [3.63, 3.8) is 0 Å². The predicted molar refractivity (Wildman–Crippen MR) is 163 cm³/mol. The molecule has 3 heterocycles. The van der Waals surface area contributed by atoms with E-state index in [2.05, 4.69) is 90.2 Å². The van der Waals surface area contributed by atoms with Gasteiger partial charge in [-0.3, -0.25) is 0 Å². The minimum Gasteiger partial charge on any atom is -0.491 e. The van der Waals surface area contributed by atoms with Gasteiger partial charge in [0.25, 0.3) is 0 Å². The summed E-state index contributed by atoms with van der Waals surface area (Å²) in [5.74, 6) is 2.79. The molecule has 0 amide bonds.